The molecule has 4 N–H and O–H groups in total. The lowest BCUT2D eigenvalue weighted by Crippen LogP contribution is -2.27. The summed E-state index contributed by atoms with van der Waals surface area (Å²) in [7, 11) is -3.70. The van der Waals surface area contributed by atoms with Crippen molar-refractivity contribution < 1.29 is 8.42 Å². The third-order valence-electron chi connectivity index (χ3n) is 2.67. The van der Waals surface area contributed by atoms with E-state index < -0.39 is 10.0 Å². The lowest BCUT2D eigenvalue weighted by Gasteiger charge is -2.10. The van der Waals surface area contributed by atoms with Gasteiger partial charge in [0.1, 0.15) is 4.90 Å². The van der Waals surface area contributed by atoms with Gasteiger partial charge in [-0.1, -0.05) is 6.07 Å². The van der Waals surface area contributed by atoms with E-state index in [1.165, 1.54) is 12.3 Å². The summed E-state index contributed by atoms with van der Waals surface area (Å²) in [6, 6.07) is 5.13. The van der Waals surface area contributed by atoms with Gasteiger partial charge < -0.3 is 5.43 Å². The number of hydrogen-bond acceptors (Lipinski definition) is 6. The molecule has 0 saturated carbocycles. The predicted molar refractivity (Wildman–Crippen MR) is 82.9 cm³/mol. The van der Waals surface area contributed by atoms with Crippen LogP contribution < -0.4 is 16.0 Å². The van der Waals surface area contributed by atoms with Crippen LogP contribution in [0.5, 0.6) is 0 Å². The summed E-state index contributed by atoms with van der Waals surface area (Å²) >= 11 is 3.19. The lowest BCUT2D eigenvalue weighted by atomic mass is 10.2. The molecule has 2 aromatic heterocycles. The number of pyridine rings is 2. The van der Waals surface area contributed by atoms with E-state index in [9.17, 15) is 8.42 Å². The first-order valence-electron chi connectivity index (χ1n) is 6.03. The van der Waals surface area contributed by atoms with Crippen LogP contribution in [0.3, 0.4) is 0 Å². The summed E-state index contributed by atoms with van der Waals surface area (Å²) < 4.78 is 27.6. The molecular weight excluding hydrogens is 358 g/mol. The van der Waals surface area contributed by atoms with Crippen molar-refractivity contribution in [1.29, 1.82) is 0 Å². The molecule has 0 radical (unpaired) electrons. The average Bonchev–Trinajstić information content (AvgIpc) is 2.48. The first-order chi connectivity index (χ1) is 10.0. The van der Waals surface area contributed by atoms with E-state index in [-0.39, 0.29) is 17.3 Å². The number of nitrogens with one attached hydrogen (secondary N) is 2. The Morgan fingerprint density at radius 3 is 2.81 bits per heavy atom. The van der Waals surface area contributed by atoms with Gasteiger partial charge >= 0.3 is 0 Å². The molecule has 7 nitrogen and oxygen atoms in total. The molecule has 0 aliphatic heterocycles. The van der Waals surface area contributed by atoms with Crippen molar-refractivity contribution in [2.24, 2.45) is 5.84 Å². The van der Waals surface area contributed by atoms with Crippen LogP contribution in [0, 0.1) is 0 Å². The molecule has 0 aliphatic rings. The van der Waals surface area contributed by atoms with Gasteiger partial charge in [0.15, 0.2) is 5.82 Å². The summed E-state index contributed by atoms with van der Waals surface area (Å²) in [5.41, 5.74) is 3.22. The SMILES string of the molecule is NNc1ncc(Br)cc1S(=O)(=O)NCCc1cccnc1. The maximum atomic E-state index is 12.3. The van der Waals surface area contributed by atoms with Crippen LogP contribution in [0.25, 0.3) is 0 Å². The number of nitrogens with two attached hydrogens (primary N) is 1. The van der Waals surface area contributed by atoms with Crippen LogP contribution >= 0.6 is 15.9 Å². The van der Waals surface area contributed by atoms with Crippen molar-refractivity contribution >= 4 is 31.8 Å². The highest BCUT2D eigenvalue weighted by Gasteiger charge is 2.19. The molecular formula is C12H14BrN5O2S. The predicted octanol–water partition coefficient (Wildman–Crippen LogP) is 1.05. The first kappa shape index (κ1) is 15.8. The van der Waals surface area contributed by atoms with Crippen LogP contribution in [0.15, 0.2) is 46.2 Å². The highest BCUT2D eigenvalue weighted by Crippen LogP contribution is 2.21. The molecule has 0 fully saturated rings. The molecule has 21 heavy (non-hydrogen) atoms. The van der Waals surface area contributed by atoms with Gasteiger partial charge in [-0.2, -0.15) is 0 Å². The molecule has 9 heteroatoms. The van der Waals surface area contributed by atoms with E-state index in [1.807, 2.05) is 6.07 Å². The smallest absolute Gasteiger partial charge is 0.244 e. The van der Waals surface area contributed by atoms with Crippen LogP contribution in [0.2, 0.25) is 0 Å². The van der Waals surface area contributed by atoms with E-state index in [1.54, 1.807) is 18.5 Å². The van der Waals surface area contributed by atoms with Crippen molar-refractivity contribution in [3.63, 3.8) is 0 Å². The summed E-state index contributed by atoms with van der Waals surface area (Å²) in [5.74, 6) is 5.38. The second kappa shape index (κ2) is 6.94. The van der Waals surface area contributed by atoms with Gasteiger partial charge in [-0.3, -0.25) is 4.98 Å². The molecule has 2 heterocycles. The minimum Gasteiger partial charge on any atom is -0.307 e. The molecule has 2 rings (SSSR count). The zero-order valence-electron chi connectivity index (χ0n) is 11.0. The summed E-state index contributed by atoms with van der Waals surface area (Å²) in [4.78, 5) is 7.89. The second-order valence-electron chi connectivity index (χ2n) is 4.15. The van der Waals surface area contributed by atoms with Gasteiger partial charge in [-0.05, 0) is 40.0 Å². The number of hydrazine groups is 1. The Balaban J connectivity index is 2.10. The maximum Gasteiger partial charge on any atom is 0.244 e. The van der Waals surface area contributed by atoms with Gasteiger partial charge in [0.05, 0.1) is 0 Å². The van der Waals surface area contributed by atoms with Gasteiger partial charge in [0, 0.05) is 29.6 Å². The molecule has 2 aromatic rings. The molecule has 0 saturated heterocycles. The minimum atomic E-state index is -3.70. The number of anilines is 1. The highest BCUT2D eigenvalue weighted by molar-refractivity contribution is 9.10. The van der Waals surface area contributed by atoms with Crippen LogP contribution in [-0.4, -0.2) is 24.9 Å². The van der Waals surface area contributed by atoms with Crippen LogP contribution in [-0.2, 0) is 16.4 Å². The van der Waals surface area contributed by atoms with Crippen molar-refractivity contribution in [3.05, 3.63) is 46.8 Å². The summed E-state index contributed by atoms with van der Waals surface area (Å²) in [6.07, 6.45) is 5.37. The van der Waals surface area contributed by atoms with E-state index in [4.69, 9.17) is 5.84 Å². The number of rotatable bonds is 6. The summed E-state index contributed by atoms with van der Waals surface area (Å²) in [6.45, 7) is 0.255. The first-order valence-corrected chi connectivity index (χ1v) is 8.31. The van der Waals surface area contributed by atoms with Gasteiger partial charge in [-0.25, -0.2) is 24.0 Å². The third kappa shape index (κ3) is 4.21. The average molecular weight is 372 g/mol. The Labute approximate surface area is 131 Å². The number of nitrogen functional groups attached to an aromatic ring is 1. The number of aromatic nitrogens is 2. The second-order valence-corrected chi connectivity index (χ2v) is 6.80. The standard InChI is InChI=1S/C12H14BrN5O2S/c13-10-6-11(12(18-14)16-8-10)21(19,20)17-5-3-9-2-1-4-15-7-9/h1-2,4,6-8,17H,3,5,14H2,(H,16,18). The largest absolute Gasteiger partial charge is 0.307 e. The van der Waals surface area contributed by atoms with E-state index in [0.717, 1.165) is 5.56 Å². The normalized spacial score (nSPS) is 11.3. The third-order valence-corrected chi connectivity index (χ3v) is 4.58. The minimum absolute atomic E-state index is 0.00874. The fourth-order valence-corrected chi connectivity index (χ4v) is 3.34. The molecule has 0 aliphatic carbocycles. The van der Waals surface area contributed by atoms with Crippen molar-refractivity contribution in [2.75, 3.05) is 12.0 Å². The van der Waals surface area contributed by atoms with Gasteiger partial charge in [0.25, 0.3) is 0 Å². The highest BCUT2D eigenvalue weighted by atomic mass is 79.9. The molecule has 112 valence electrons. The van der Waals surface area contributed by atoms with Crippen LogP contribution in [0.1, 0.15) is 5.56 Å². The van der Waals surface area contributed by atoms with Crippen LogP contribution in [0.4, 0.5) is 5.82 Å². The Hall–Kier alpha value is -1.55. The fourth-order valence-electron chi connectivity index (χ4n) is 1.69. The maximum absolute atomic E-state index is 12.3. The molecule has 0 aromatic carbocycles. The van der Waals surface area contributed by atoms with E-state index in [0.29, 0.717) is 10.9 Å². The van der Waals surface area contributed by atoms with Crippen molar-refractivity contribution in [3.8, 4) is 0 Å². The zero-order valence-corrected chi connectivity index (χ0v) is 13.4. The fraction of sp³-hybridized carbons (Fsp3) is 0.167. The molecule has 0 unspecified atom stereocenters. The van der Waals surface area contributed by atoms with Gasteiger partial charge in [0.2, 0.25) is 10.0 Å². The Bertz CT molecular complexity index is 709. The number of halogens is 1. The number of sulfonamides is 1. The van der Waals surface area contributed by atoms with Crippen molar-refractivity contribution in [1.82, 2.24) is 14.7 Å². The van der Waals surface area contributed by atoms with E-state index >= 15 is 0 Å². The Kier molecular flexibility index (Phi) is 5.23. The summed E-state index contributed by atoms with van der Waals surface area (Å²) in [5, 5.41) is 0. The molecule has 0 amide bonds. The lowest BCUT2D eigenvalue weighted by molar-refractivity contribution is 0.581. The Morgan fingerprint density at radius 1 is 1.33 bits per heavy atom. The topological polar surface area (TPSA) is 110 Å². The zero-order chi connectivity index (χ0) is 15.3. The van der Waals surface area contributed by atoms with Gasteiger partial charge in [-0.15, -0.1) is 0 Å². The number of nitrogens with zero attached hydrogens (tertiary/aromatic N) is 2. The van der Waals surface area contributed by atoms with E-state index in [2.05, 4.69) is 36.0 Å². The molecule has 0 atom stereocenters. The number of hydrogen-bond donors (Lipinski definition) is 3. The molecule has 0 bridgehead atoms. The Morgan fingerprint density at radius 2 is 2.14 bits per heavy atom. The van der Waals surface area contributed by atoms with Crippen molar-refractivity contribution in [2.45, 2.75) is 11.3 Å². The molecule has 0 spiro atoms. The monoisotopic (exact) mass is 371 g/mol. The quantitative estimate of drug-likeness (QED) is 0.516.